The lowest BCUT2D eigenvalue weighted by Crippen LogP contribution is -2.23. The average molecular weight is 279 g/mol. The van der Waals surface area contributed by atoms with Crippen molar-refractivity contribution in [3.05, 3.63) is 24.3 Å². The fourth-order valence-corrected chi connectivity index (χ4v) is 1.70. The van der Waals surface area contributed by atoms with Crippen molar-refractivity contribution in [2.45, 2.75) is 26.7 Å². The number of amides is 1. The first-order valence-corrected chi connectivity index (χ1v) is 6.57. The third kappa shape index (κ3) is 4.79. The van der Waals surface area contributed by atoms with E-state index in [0.29, 0.717) is 11.4 Å². The van der Waals surface area contributed by atoms with Crippen LogP contribution in [-0.2, 0) is 4.79 Å². The highest BCUT2D eigenvalue weighted by atomic mass is 16.5. The Labute approximate surface area is 118 Å². The summed E-state index contributed by atoms with van der Waals surface area (Å²) < 4.78 is 5.40. The van der Waals surface area contributed by atoms with Gasteiger partial charge in [0.05, 0.1) is 5.69 Å². The number of carbonyl (C=O) groups excluding carboxylic acids is 1. The second kappa shape index (κ2) is 8.04. The van der Waals surface area contributed by atoms with Gasteiger partial charge in [0.25, 0.3) is 0 Å². The minimum absolute atomic E-state index is 0.0366. The monoisotopic (exact) mass is 279 g/mol. The Morgan fingerprint density at radius 3 is 2.85 bits per heavy atom. The van der Waals surface area contributed by atoms with Crippen molar-refractivity contribution in [2.75, 3.05) is 11.9 Å². The smallest absolute Gasteiger partial charge is 0.227 e. The lowest BCUT2D eigenvalue weighted by atomic mass is 10.1. The standard InChI is InChI=1S/C14H21N3O3/c1-3-6-10(2)14(18)16-11-7-4-5-8-12(11)20-9-13(15)17-19/h4-5,7-8,10,19H,3,6,9H2,1-2H3,(H2,15,17)(H,16,18). The van der Waals surface area contributed by atoms with Crippen molar-refractivity contribution in [2.24, 2.45) is 16.8 Å². The molecule has 0 saturated carbocycles. The van der Waals surface area contributed by atoms with Crippen molar-refractivity contribution < 1.29 is 14.7 Å². The normalized spacial score (nSPS) is 12.8. The second-order valence-electron chi connectivity index (χ2n) is 4.56. The van der Waals surface area contributed by atoms with Crippen LogP contribution in [0.1, 0.15) is 26.7 Å². The van der Waals surface area contributed by atoms with Gasteiger partial charge in [-0.1, -0.05) is 37.6 Å². The number of ether oxygens (including phenoxy) is 1. The van der Waals surface area contributed by atoms with Crippen LogP contribution >= 0.6 is 0 Å². The summed E-state index contributed by atoms with van der Waals surface area (Å²) in [5, 5.41) is 14.1. The van der Waals surface area contributed by atoms with E-state index < -0.39 is 0 Å². The molecule has 0 radical (unpaired) electrons. The van der Waals surface area contributed by atoms with E-state index in [1.165, 1.54) is 0 Å². The van der Waals surface area contributed by atoms with Crippen molar-refractivity contribution in [1.82, 2.24) is 0 Å². The average Bonchev–Trinajstić information content (AvgIpc) is 2.46. The Morgan fingerprint density at radius 1 is 1.50 bits per heavy atom. The number of oxime groups is 1. The van der Waals surface area contributed by atoms with Crippen LogP contribution in [-0.4, -0.2) is 23.6 Å². The molecular formula is C14H21N3O3. The molecule has 0 aliphatic heterocycles. The van der Waals surface area contributed by atoms with Gasteiger partial charge in [0, 0.05) is 5.92 Å². The highest BCUT2D eigenvalue weighted by molar-refractivity contribution is 5.93. The molecule has 0 aromatic heterocycles. The van der Waals surface area contributed by atoms with Gasteiger partial charge in [-0.25, -0.2) is 0 Å². The number of rotatable bonds is 7. The number of para-hydroxylation sites is 2. The molecule has 6 heteroatoms. The third-order valence-corrected chi connectivity index (χ3v) is 2.82. The molecule has 1 atom stereocenters. The van der Waals surface area contributed by atoms with Gasteiger partial charge in [-0.2, -0.15) is 0 Å². The molecule has 0 spiro atoms. The molecule has 1 aromatic rings. The summed E-state index contributed by atoms with van der Waals surface area (Å²) >= 11 is 0. The second-order valence-corrected chi connectivity index (χ2v) is 4.56. The molecule has 6 nitrogen and oxygen atoms in total. The predicted octanol–water partition coefficient (Wildman–Crippen LogP) is 2.19. The zero-order valence-corrected chi connectivity index (χ0v) is 11.8. The largest absolute Gasteiger partial charge is 0.483 e. The van der Waals surface area contributed by atoms with Crippen molar-refractivity contribution in [3.8, 4) is 5.75 Å². The Balaban J connectivity index is 2.72. The van der Waals surface area contributed by atoms with Crippen molar-refractivity contribution >= 4 is 17.4 Å². The Morgan fingerprint density at radius 2 is 2.20 bits per heavy atom. The van der Waals surface area contributed by atoms with Gasteiger partial charge in [0.2, 0.25) is 5.91 Å². The van der Waals surface area contributed by atoms with Gasteiger partial charge in [-0.3, -0.25) is 4.79 Å². The lowest BCUT2D eigenvalue weighted by Gasteiger charge is -2.14. The van der Waals surface area contributed by atoms with Gasteiger partial charge in [-0.05, 0) is 18.6 Å². The lowest BCUT2D eigenvalue weighted by molar-refractivity contribution is -0.119. The fraction of sp³-hybridized carbons (Fsp3) is 0.429. The molecule has 0 heterocycles. The zero-order valence-electron chi connectivity index (χ0n) is 11.8. The van der Waals surface area contributed by atoms with E-state index in [-0.39, 0.29) is 24.3 Å². The summed E-state index contributed by atoms with van der Waals surface area (Å²) in [4.78, 5) is 12.0. The SMILES string of the molecule is CCCC(C)C(=O)Nc1ccccc1OC/C(N)=N/O. The number of benzene rings is 1. The number of nitrogens with one attached hydrogen (secondary N) is 1. The molecular weight excluding hydrogens is 258 g/mol. The maximum absolute atomic E-state index is 12.0. The van der Waals surface area contributed by atoms with E-state index >= 15 is 0 Å². The summed E-state index contributed by atoms with van der Waals surface area (Å²) in [7, 11) is 0. The summed E-state index contributed by atoms with van der Waals surface area (Å²) in [6, 6.07) is 7.05. The van der Waals surface area contributed by atoms with Gasteiger partial charge in [-0.15, -0.1) is 0 Å². The van der Waals surface area contributed by atoms with Crippen LogP contribution in [0.5, 0.6) is 5.75 Å². The molecule has 0 bridgehead atoms. The highest BCUT2D eigenvalue weighted by Crippen LogP contribution is 2.24. The molecule has 1 aromatic carbocycles. The Kier molecular flexibility index (Phi) is 6.36. The summed E-state index contributed by atoms with van der Waals surface area (Å²) in [5.41, 5.74) is 5.92. The van der Waals surface area contributed by atoms with Crippen LogP contribution in [0.4, 0.5) is 5.69 Å². The maximum Gasteiger partial charge on any atom is 0.227 e. The molecule has 0 saturated heterocycles. The molecule has 110 valence electrons. The predicted molar refractivity (Wildman–Crippen MR) is 78.0 cm³/mol. The first-order valence-electron chi connectivity index (χ1n) is 6.57. The van der Waals surface area contributed by atoms with E-state index in [4.69, 9.17) is 15.7 Å². The summed E-state index contributed by atoms with van der Waals surface area (Å²) in [6.45, 7) is 3.88. The first-order chi connectivity index (χ1) is 9.58. The number of anilines is 1. The Bertz CT molecular complexity index is 474. The molecule has 0 fully saturated rings. The quantitative estimate of drug-likeness (QED) is 0.308. The fourth-order valence-electron chi connectivity index (χ4n) is 1.70. The molecule has 4 N–H and O–H groups in total. The zero-order chi connectivity index (χ0) is 15.0. The van der Waals surface area contributed by atoms with Gasteiger partial charge in [0.1, 0.15) is 12.4 Å². The number of carbonyl (C=O) groups is 1. The molecule has 1 unspecified atom stereocenters. The first kappa shape index (κ1) is 15.8. The number of hydrogen-bond donors (Lipinski definition) is 3. The van der Waals surface area contributed by atoms with Crippen molar-refractivity contribution in [1.29, 1.82) is 0 Å². The molecule has 20 heavy (non-hydrogen) atoms. The van der Waals surface area contributed by atoms with Crippen LogP contribution in [0.15, 0.2) is 29.4 Å². The van der Waals surface area contributed by atoms with E-state index in [1.807, 2.05) is 13.8 Å². The van der Waals surface area contributed by atoms with Crippen LogP contribution in [0.25, 0.3) is 0 Å². The van der Waals surface area contributed by atoms with Gasteiger partial charge >= 0.3 is 0 Å². The van der Waals surface area contributed by atoms with E-state index in [1.54, 1.807) is 24.3 Å². The topological polar surface area (TPSA) is 96.9 Å². The summed E-state index contributed by atoms with van der Waals surface area (Å²) in [5.74, 6) is 0.338. The maximum atomic E-state index is 12.0. The Hall–Kier alpha value is -2.24. The highest BCUT2D eigenvalue weighted by Gasteiger charge is 2.14. The molecule has 0 aliphatic carbocycles. The van der Waals surface area contributed by atoms with E-state index in [2.05, 4.69) is 10.5 Å². The summed E-state index contributed by atoms with van der Waals surface area (Å²) in [6.07, 6.45) is 1.79. The third-order valence-electron chi connectivity index (χ3n) is 2.82. The number of nitrogens with zero attached hydrogens (tertiary/aromatic N) is 1. The van der Waals surface area contributed by atoms with E-state index in [9.17, 15) is 4.79 Å². The minimum atomic E-state index is -0.0582. The van der Waals surface area contributed by atoms with Gasteiger partial charge in [0.15, 0.2) is 5.84 Å². The van der Waals surface area contributed by atoms with Crippen LogP contribution in [0.3, 0.4) is 0 Å². The number of amidine groups is 1. The molecule has 1 rings (SSSR count). The van der Waals surface area contributed by atoms with Gasteiger partial charge < -0.3 is 21.0 Å². The van der Waals surface area contributed by atoms with Crippen molar-refractivity contribution in [3.63, 3.8) is 0 Å². The number of nitrogens with two attached hydrogens (primary N) is 1. The van der Waals surface area contributed by atoms with Crippen LogP contribution < -0.4 is 15.8 Å². The number of hydrogen-bond acceptors (Lipinski definition) is 4. The molecule has 0 aliphatic rings. The minimum Gasteiger partial charge on any atom is -0.483 e. The van der Waals surface area contributed by atoms with Crippen LogP contribution in [0.2, 0.25) is 0 Å². The van der Waals surface area contributed by atoms with Crippen LogP contribution in [0, 0.1) is 5.92 Å². The van der Waals surface area contributed by atoms with E-state index in [0.717, 1.165) is 12.8 Å². The molecule has 1 amide bonds.